The quantitative estimate of drug-likeness (QED) is 0.422. The molecule has 0 atom stereocenters. The number of carbonyl (C=O) groups is 2. The van der Waals surface area contributed by atoms with Crippen molar-refractivity contribution in [1.82, 2.24) is 9.78 Å². The van der Waals surface area contributed by atoms with Crippen LogP contribution in [-0.4, -0.2) is 41.1 Å². The summed E-state index contributed by atoms with van der Waals surface area (Å²) in [5, 5.41) is 10.7. The van der Waals surface area contributed by atoms with Gasteiger partial charge < -0.3 is 20.1 Å². The molecule has 8 nitrogen and oxygen atoms in total. The molecule has 0 saturated carbocycles. The third kappa shape index (κ3) is 5.25. The van der Waals surface area contributed by atoms with Gasteiger partial charge in [-0.15, -0.1) is 11.3 Å². The van der Waals surface area contributed by atoms with E-state index in [0.29, 0.717) is 22.9 Å². The highest BCUT2D eigenvalue weighted by Crippen LogP contribution is 2.34. The fourth-order valence-electron chi connectivity index (χ4n) is 2.78. The van der Waals surface area contributed by atoms with Gasteiger partial charge >= 0.3 is 11.9 Å². The van der Waals surface area contributed by atoms with Gasteiger partial charge in [0.25, 0.3) is 0 Å². The Morgan fingerprint density at radius 1 is 1.13 bits per heavy atom. The minimum Gasteiger partial charge on any atom is -0.465 e. The van der Waals surface area contributed by atoms with Crippen LogP contribution in [0.1, 0.15) is 31.2 Å². The molecule has 0 aliphatic carbocycles. The number of rotatable bonds is 6. The first kappa shape index (κ1) is 22.4. The summed E-state index contributed by atoms with van der Waals surface area (Å²) in [6.07, 6.45) is 1.75. The van der Waals surface area contributed by atoms with E-state index in [-0.39, 0.29) is 21.4 Å². The van der Waals surface area contributed by atoms with Crippen molar-refractivity contribution in [3.05, 3.63) is 63.9 Å². The molecular weight excluding hydrogens is 443 g/mol. The predicted molar refractivity (Wildman–Crippen MR) is 119 cm³/mol. The fraction of sp³-hybridized carbons (Fsp3) is 0.200. The van der Waals surface area contributed by atoms with Crippen LogP contribution in [0.15, 0.2) is 36.5 Å². The van der Waals surface area contributed by atoms with E-state index >= 15 is 0 Å². The topological polar surface area (TPSA) is 94.5 Å². The molecule has 1 aromatic carbocycles. The first-order valence-corrected chi connectivity index (χ1v) is 10.2. The first-order valence-electron chi connectivity index (χ1n) is 8.98. The van der Waals surface area contributed by atoms with Gasteiger partial charge in [0, 0.05) is 12.3 Å². The Labute approximate surface area is 187 Å². The number of carbonyl (C=O) groups excluding carboxylic acids is 2. The van der Waals surface area contributed by atoms with E-state index in [1.807, 2.05) is 0 Å². The number of ether oxygens (including phenoxy) is 2. The molecule has 0 fully saturated rings. The van der Waals surface area contributed by atoms with Crippen molar-refractivity contribution < 1.29 is 23.5 Å². The molecule has 31 heavy (non-hydrogen) atoms. The van der Waals surface area contributed by atoms with Crippen LogP contribution < -0.4 is 10.6 Å². The zero-order chi connectivity index (χ0) is 22.5. The summed E-state index contributed by atoms with van der Waals surface area (Å²) in [7, 11) is 2.52. The maximum atomic E-state index is 13.0. The molecule has 2 N–H and O–H groups in total. The van der Waals surface area contributed by atoms with Crippen molar-refractivity contribution in [3.63, 3.8) is 0 Å². The summed E-state index contributed by atoms with van der Waals surface area (Å²) in [6.45, 7) is 2.09. The average Bonchev–Trinajstić information content (AvgIpc) is 3.32. The zero-order valence-electron chi connectivity index (χ0n) is 16.9. The highest BCUT2D eigenvalue weighted by atomic mass is 32.1. The smallest absolute Gasteiger partial charge is 0.348 e. The van der Waals surface area contributed by atoms with E-state index in [1.165, 1.54) is 26.4 Å². The zero-order valence-corrected chi connectivity index (χ0v) is 18.5. The molecule has 3 aromatic rings. The van der Waals surface area contributed by atoms with Crippen molar-refractivity contribution in [2.75, 3.05) is 24.9 Å². The maximum Gasteiger partial charge on any atom is 0.348 e. The van der Waals surface area contributed by atoms with Crippen LogP contribution >= 0.6 is 23.6 Å². The molecule has 0 unspecified atom stereocenters. The molecule has 0 saturated heterocycles. The molecule has 0 bridgehead atoms. The highest BCUT2D eigenvalue weighted by molar-refractivity contribution is 7.80. The predicted octanol–water partition coefficient (Wildman–Crippen LogP) is 3.82. The average molecular weight is 463 g/mol. The molecule has 0 spiro atoms. The SMILES string of the molecule is COC(=O)c1sc(NC(=S)Nc2ccn(Cc3ccc(F)cc3)n2)c(C(=O)OC)c1C. The Bertz CT molecular complexity index is 1120. The number of thiocarbonyl (C=S) groups is 1. The number of nitrogens with one attached hydrogen (secondary N) is 2. The van der Waals surface area contributed by atoms with Gasteiger partial charge in [0.1, 0.15) is 15.7 Å². The van der Waals surface area contributed by atoms with Gasteiger partial charge in [-0.05, 0) is 42.4 Å². The minimum atomic E-state index is -0.599. The molecular formula is C20H19FN4O4S2. The lowest BCUT2D eigenvalue weighted by molar-refractivity contribution is 0.0601. The van der Waals surface area contributed by atoms with Crippen LogP contribution in [0.5, 0.6) is 0 Å². The number of thiophene rings is 1. The minimum absolute atomic E-state index is 0.176. The second-order valence-electron chi connectivity index (χ2n) is 6.35. The molecule has 0 aliphatic heterocycles. The third-order valence-electron chi connectivity index (χ3n) is 4.27. The molecule has 0 radical (unpaired) electrons. The van der Waals surface area contributed by atoms with Gasteiger partial charge in [-0.1, -0.05) is 12.1 Å². The van der Waals surface area contributed by atoms with Crippen LogP contribution in [0.25, 0.3) is 0 Å². The number of aromatic nitrogens is 2. The van der Waals surface area contributed by atoms with E-state index in [2.05, 4.69) is 15.7 Å². The monoisotopic (exact) mass is 462 g/mol. The Balaban J connectivity index is 1.72. The summed E-state index contributed by atoms with van der Waals surface area (Å²) in [5.41, 5.74) is 1.54. The maximum absolute atomic E-state index is 13.0. The Morgan fingerprint density at radius 2 is 1.81 bits per heavy atom. The normalized spacial score (nSPS) is 10.5. The van der Waals surface area contributed by atoms with Crippen molar-refractivity contribution >= 4 is 51.4 Å². The van der Waals surface area contributed by atoms with Gasteiger partial charge in [0.2, 0.25) is 0 Å². The summed E-state index contributed by atoms with van der Waals surface area (Å²) >= 11 is 6.36. The number of anilines is 2. The molecule has 2 heterocycles. The molecule has 2 aromatic heterocycles. The third-order valence-corrected chi connectivity index (χ3v) is 5.67. The Morgan fingerprint density at radius 3 is 2.45 bits per heavy atom. The van der Waals surface area contributed by atoms with Crippen molar-refractivity contribution in [3.8, 4) is 0 Å². The molecule has 0 amide bonds. The second-order valence-corrected chi connectivity index (χ2v) is 7.78. The number of methoxy groups -OCH3 is 2. The van der Waals surface area contributed by atoms with Crippen LogP contribution in [0.3, 0.4) is 0 Å². The summed E-state index contributed by atoms with van der Waals surface area (Å²) in [6, 6.07) is 7.87. The first-order chi connectivity index (χ1) is 14.8. The number of hydrogen-bond acceptors (Lipinski definition) is 7. The van der Waals surface area contributed by atoms with E-state index in [4.69, 9.17) is 21.7 Å². The summed E-state index contributed by atoms with van der Waals surface area (Å²) in [4.78, 5) is 24.5. The molecule has 0 aliphatic rings. The van der Waals surface area contributed by atoms with Gasteiger partial charge in [-0.25, -0.2) is 14.0 Å². The number of hydrogen-bond donors (Lipinski definition) is 2. The van der Waals surface area contributed by atoms with Crippen LogP contribution in [0, 0.1) is 12.7 Å². The number of halogens is 1. The van der Waals surface area contributed by atoms with E-state index in [9.17, 15) is 14.0 Å². The Hall–Kier alpha value is -3.31. The number of esters is 2. The van der Waals surface area contributed by atoms with Gasteiger partial charge in [0.05, 0.1) is 26.3 Å². The largest absolute Gasteiger partial charge is 0.465 e. The fourth-order valence-corrected chi connectivity index (χ4v) is 4.17. The van der Waals surface area contributed by atoms with Crippen LogP contribution in [0.4, 0.5) is 15.2 Å². The summed E-state index contributed by atoms with van der Waals surface area (Å²) < 4.78 is 24.3. The van der Waals surface area contributed by atoms with E-state index in [1.54, 1.807) is 36.0 Å². The standard InChI is InChI=1S/C20H19FN4O4S2/c1-11-15(18(26)28-2)17(31-16(11)19(27)29-3)23-20(30)22-14-8-9-25(24-14)10-12-4-6-13(21)7-5-12/h4-9H,10H2,1-3H3,(H2,22,23,24,30). The lowest BCUT2D eigenvalue weighted by Crippen LogP contribution is -2.20. The van der Waals surface area contributed by atoms with Crippen molar-refractivity contribution in [2.24, 2.45) is 0 Å². The number of nitrogens with zero attached hydrogens (tertiary/aromatic N) is 2. The Kier molecular flexibility index (Phi) is 6.98. The lowest BCUT2D eigenvalue weighted by Gasteiger charge is -2.09. The van der Waals surface area contributed by atoms with Crippen LogP contribution in [0.2, 0.25) is 0 Å². The van der Waals surface area contributed by atoms with E-state index in [0.717, 1.165) is 16.9 Å². The molecule has 11 heteroatoms. The molecule has 162 valence electrons. The number of benzene rings is 1. The van der Waals surface area contributed by atoms with Crippen LogP contribution in [-0.2, 0) is 16.0 Å². The van der Waals surface area contributed by atoms with Crippen molar-refractivity contribution in [2.45, 2.75) is 13.5 Å². The van der Waals surface area contributed by atoms with Gasteiger partial charge in [-0.2, -0.15) is 5.10 Å². The van der Waals surface area contributed by atoms with E-state index < -0.39 is 11.9 Å². The lowest BCUT2D eigenvalue weighted by atomic mass is 10.1. The second kappa shape index (κ2) is 9.67. The summed E-state index contributed by atoms with van der Waals surface area (Å²) in [5.74, 6) is -0.980. The van der Waals surface area contributed by atoms with Crippen molar-refractivity contribution in [1.29, 1.82) is 0 Å². The van der Waals surface area contributed by atoms with Gasteiger partial charge in [-0.3, -0.25) is 4.68 Å². The molecule has 3 rings (SSSR count). The van der Waals surface area contributed by atoms with Gasteiger partial charge in [0.15, 0.2) is 10.9 Å². The highest BCUT2D eigenvalue weighted by Gasteiger charge is 2.26.